The van der Waals surface area contributed by atoms with Crippen LogP contribution in [0.4, 0.5) is 0 Å². The zero-order valence-electron chi connectivity index (χ0n) is 12.6. The number of hydrogen-bond donors (Lipinski definition) is 1. The maximum atomic E-state index is 12.1. The summed E-state index contributed by atoms with van der Waals surface area (Å²) in [6, 6.07) is 5.13. The molecule has 0 saturated heterocycles. The molecule has 7 nitrogen and oxygen atoms in total. The van der Waals surface area contributed by atoms with E-state index in [0.29, 0.717) is 11.5 Å². The van der Waals surface area contributed by atoms with Gasteiger partial charge >= 0.3 is 0 Å². The van der Waals surface area contributed by atoms with Crippen LogP contribution >= 0.6 is 23.2 Å². The highest BCUT2D eigenvalue weighted by Gasteiger charge is 2.17. The summed E-state index contributed by atoms with van der Waals surface area (Å²) in [5.41, 5.74) is 0.233. The lowest BCUT2D eigenvalue weighted by atomic mass is 10.1. The van der Waals surface area contributed by atoms with Gasteiger partial charge in [0.15, 0.2) is 11.5 Å². The van der Waals surface area contributed by atoms with Crippen molar-refractivity contribution in [2.45, 2.75) is 19.5 Å². The van der Waals surface area contributed by atoms with Gasteiger partial charge in [0.1, 0.15) is 11.6 Å². The third-order valence-electron chi connectivity index (χ3n) is 3.51. The number of halogens is 2. The molecule has 126 valence electrons. The molecule has 1 unspecified atom stereocenters. The van der Waals surface area contributed by atoms with E-state index in [2.05, 4.69) is 10.4 Å². The number of carbonyl (C=O) groups excluding carboxylic acids is 1. The molecule has 1 aliphatic heterocycles. The minimum Gasteiger partial charge on any atom is -0.454 e. The quantitative estimate of drug-likeness (QED) is 0.892. The van der Waals surface area contributed by atoms with Crippen LogP contribution in [0.2, 0.25) is 10.0 Å². The standard InChI is InChI=1S/C15H13Cl2N3O4/c1-8(9-2-3-11-12(4-9)24-7-23-11)19-13(21)6-20-15(22)14(17)10(16)5-18-20/h2-5,8H,6-7H2,1H3,(H,19,21). The highest BCUT2D eigenvalue weighted by Crippen LogP contribution is 2.34. The number of nitrogens with zero attached hydrogens (tertiary/aromatic N) is 2. The van der Waals surface area contributed by atoms with Gasteiger partial charge in [0, 0.05) is 0 Å². The second kappa shape index (κ2) is 6.70. The molecule has 0 aliphatic carbocycles. The summed E-state index contributed by atoms with van der Waals surface area (Å²) in [6.07, 6.45) is 1.22. The Kier molecular flexibility index (Phi) is 4.64. The fourth-order valence-corrected chi connectivity index (χ4v) is 2.52. The lowest BCUT2D eigenvalue weighted by Gasteiger charge is -2.15. The van der Waals surface area contributed by atoms with Crippen molar-refractivity contribution in [2.75, 3.05) is 6.79 Å². The first-order chi connectivity index (χ1) is 11.5. The van der Waals surface area contributed by atoms with E-state index in [0.717, 1.165) is 10.2 Å². The van der Waals surface area contributed by atoms with E-state index in [9.17, 15) is 9.59 Å². The van der Waals surface area contributed by atoms with Crippen molar-refractivity contribution >= 4 is 29.1 Å². The van der Waals surface area contributed by atoms with E-state index in [4.69, 9.17) is 32.7 Å². The number of hydrogen-bond acceptors (Lipinski definition) is 5. The van der Waals surface area contributed by atoms with E-state index < -0.39 is 5.56 Å². The van der Waals surface area contributed by atoms with Crippen LogP contribution in [0, 0.1) is 0 Å². The molecule has 0 fully saturated rings. The third kappa shape index (κ3) is 3.32. The Morgan fingerprint density at radius 1 is 1.38 bits per heavy atom. The van der Waals surface area contributed by atoms with Crippen molar-refractivity contribution in [1.82, 2.24) is 15.1 Å². The zero-order chi connectivity index (χ0) is 17.3. The highest BCUT2D eigenvalue weighted by atomic mass is 35.5. The number of ether oxygens (including phenoxy) is 2. The van der Waals surface area contributed by atoms with Gasteiger partial charge in [-0.25, -0.2) is 4.68 Å². The topological polar surface area (TPSA) is 82.5 Å². The van der Waals surface area contributed by atoms with Gasteiger partial charge in [0.05, 0.1) is 17.3 Å². The summed E-state index contributed by atoms with van der Waals surface area (Å²) < 4.78 is 11.5. The van der Waals surface area contributed by atoms with Crippen molar-refractivity contribution in [3.05, 3.63) is 50.4 Å². The van der Waals surface area contributed by atoms with E-state index in [1.165, 1.54) is 6.20 Å². The average molecular weight is 370 g/mol. The maximum absolute atomic E-state index is 12.1. The van der Waals surface area contributed by atoms with Crippen LogP contribution in [-0.2, 0) is 11.3 Å². The molecule has 1 aliphatic rings. The summed E-state index contributed by atoms with van der Waals surface area (Å²) >= 11 is 11.5. The number of benzene rings is 1. The SMILES string of the molecule is CC(NC(=O)Cn1ncc(Cl)c(Cl)c1=O)c1ccc2c(c1)OCO2. The molecular formula is C15H13Cl2N3O4. The molecule has 0 spiro atoms. The molecule has 1 N–H and O–H groups in total. The summed E-state index contributed by atoms with van der Waals surface area (Å²) in [6.45, 7) is 1.75. The van der Waals surface area contributed by atoms with Gasteiger partial charge in [-0.2, -0.15) is 5.10 Å². The predicted molar refractivity (Wildman–Crippen MR) is 87.6 cm³/mol. The second-order valence-corrected chi connectivity index (χ2v) is 5.96. The minimum atomic E-state index is -0.616. The van der Waals surface area contributed by atoms with Crippen molar-refractivity contribution in [3.8, 4) is 11.5 Å². The van der Waals surface area contributed by atoms with Crippen molar-refractivity contribution < 1.29 is 14.3 Å². The number of carbonyl (C=O) groups is 1. The molecule has 2 aromatic rings. The van der Waals surface area contributed by atoms with Crippen LogP contribution in [0.25, 0.3) is 0 Å². The number of amides is 1. The van der Waals surface area contributed by atoms with Crippen LogP contribution in [-0.4, -0.2) is 22.5 Å². The summed E-state index contributed by atoms with van der Waals surface area (Å²) in [5.74, 6) is 0.924. The molecule has 0 saturated carbocycles. The summed E-state index contributed by atoms with van der Waals surface area (Å²) in [5, 5.41) is 6.47. The predicted octanol–water partition coefficient (Wildman–Crippen LogP) is 2.16. The Morgan fingerprint density at radius 3 is 2.92 bits per heavy atom. The first-order valence-electron chi connectivity index (χ1n) is 7.05. The average Bonchev–Trinajstić information content (AvgIpc) is 3.03. The van der Waals surface area contributed by atoms with Gasteiger partial charge in [-0.1, -0.05) is 29.3 Å². The molecular weight excluding hydrogens is 357 g/mol. The molecule has 24 heavy (non-hydrogen) atoms. The molecule has 1 aromatic carbocycles. The lowest BCUT2D eigenvalue weighted by molar-refractivity contribution is -0.122. The molecule has 2 heterocycles. The Hall–Kier alpha value is -2.25. The van der Waals surface area contributed by atoms with Gasteiger partial charge in [0.25, 0.3) is 5.56 Å². The van der Waals surface area contributed by atoms with Gasteiger partial charge in [-0.3, -0.25) is 9.59 Å². The van der Waals surface area contributed by atoms with Crippen LogP contribution in [0.15, 0.2) is 29.2 Å². The highest BCUT2D eigenvalue weighted by molar-refractivity contribution is 6.41. The molecule has 1 aromatic heterocycles. The molecule has 1 amide bonds. The molecule has 0 bridgehead atoms. The van der Waals surface area contributed by atoms with Gasteiger partial charge in [-0.05, 0) is 24.6 Å². The Morgan fingerprint density at radius 2 is 2.12 bits per heavy atom. The number of aromatic nitrogens is 2. The minimum absolute atomic E-state index is 0.0482. The van der Waals surface area contributed by atoms with Crippen LogP contribution < -0.4 is 20.3 Å². The van der Waals surface area contributed by atoms with Crippen molar-refractivity contribution in [3.63, 3.8) is 0 Å². The maximum Gasteiger partial charge on any atom is 0.287 e. The second-order valence-electron chi connectivity index (χ2n) is 5.17. The third-order valence-corrected chi connectivity index (χ3v) is 4.26. The van der Waals surface area contributed by atoms with Gasteiger partial charge in [0.2, 0.25) is 12.7 Å². The van der Waals surface area contributed by atoms with E-state index in [-0.39, 0.29) is 35.3 Å². The fraction of sp³-hybridized carbons (Fsp3) is 0.267. The largest absolute Gasteiger partial charge is 0.454 e. The molecule has 0 radical (unpaired) electrons. The molecule has 3 rings (SSSR count). The van der Waals surface area contributed by atoms with E-state index in [1.807, 2.05) is 13.0 Å². The lowest BCUT2D eigenvalue weighted by Crippen LogP contribution is -2.35. The number of rotatable bonds is 4. The van der Waals surface area contributed by atoms with Crippen molar-refractivity contribution in [2.24, 2.45) is 0 Å². The number of nitrogens with one attached hydrogen (secondary N) is 1. The molecule has 1 atom stereocenters. The number of fused-ring (bicyclic) bond motifs is 1. The van der Waals surface area contributed by atoms with Crippen LogP contribution in [0.5, 0.6) is 11.5 Å². The summed E-state index contributed by atoms with van der Waals surface area (Å²) in [4.78, 5) is 24.0. The van der Waals surface area contributed by atoms with Crippen LogP contribution in [0.1, 0.15) is 18.5 Å². The van der Waals surface area contributed by atoms with Gasteiger partial charge in [-0.15, -0.1) is 0 Å². The Labute approximate surface area is 147 Å². The van der Waals surface area contributed by atoms with Crippen LogP contribution in [0.3, 0.4) is 0 Å². The molecule has 9 heteroatoms. The van der Waals surface area contributed by atoms with Gasteiger partial charge < -0.3 is 14.8 Å². The first-order valence-corrected chi connectivity index (χ1v) is 7.81. The van der Waals surface area contributed by atoms with E-state index >= 15 is 0 Å². The Balaban J connectivity index is 1.69. The Bertz CT molecular complexity index is 853. The monoisotopic (exact) mass is 369 g/mol. The zero-order valence-corrected chi connectivity index (χ0v) is 14.1. The first kappa shape index (κ1) is 16.6. The summed E-state index contributed by atoms with van der Waals surface area (Å²) in [7, 11) is 0. The van der Waals surface area contributed by atoms with E-state index in [1.54, 1.807) is 12.1 Å². The normalized spacial score (nSPS) is 13.6. The smallest absolute Gasteiger partial charge is 0.287 e. The van der Waals surface area contributed by atoms with Crippen molar-refractivity contribution in [1.29, 1.82) is 0 Å². The fourth-order valence-electron chi connectivity index (χ4n) is 2.25.